The SMILES string of the molecule is CCc1nc(CCN(C)C)sc1-c1n[nH]c(=S)n1C. The molecule has 0 aliphatic carbocycles. The lowest BCUT2D eigenvalue weighted by Gasteiger charge is -2.06. The van der Waals surface area contributed by atoms with Gasteiger partial charge in [-0.2, -0.15) is 5.10 Å². The molecule has 0 atom stereocenters. The molecule has 0 aromatic carbocycles. The van der Waals surface area contributed by atoms with E-state index in [1.165, 1.54) is 0 Å². The van der Waals surface area contributed by atoms with Gasteiger partial charge in [0.1, 0.15) is 0 Å². The van der Waals surface area contributed by atoms with Gasteiger partial charge in [0.25, 0.3) is 0 Å². The van der Waals surface area contributed by atoms with Crippen LogP contribution in [0.3, 0.4) is 0 Å². The molecule has 0 fully saturated rings. The van der Waals surface area contributed by atoms with Crippen LogP contribution in [-0.4, -0.2) is 45.3 Å². The van der Waals surface area contributed by atoms with Gasteiger partial charge in [0, 0.05) is 20.0 Å². The molecular formula is C12H19N5S2. The number of nitrogens with one attached hydrogen (secondary N) is 1. The van der Waals surface area contributed by atoms with Crippen LogP contribution in [0.1, 0.15) is 17.6 Å². The predicted octanol–water partition coefficient (Wildman–Crippen LogP) is 2.27. The van der Waals surface area contributed by atoms with Gasteiger partial charge in [-0.1, -0.05) is 6.92 Å². The minimum Gasteiger partial charge on any atom is -0.309 e. The topological polar surface area (TPSA) is 49.7 Å². The molecule has 2 rings (SSSR count). The van der Waals surface area contributed by atoms with Crippen LogP contribution in [0.15, 0.2) is 0 Å². The molecule has 2 heterocycles. The summed E-state index contributed by atoms with van der Waals surface area (Å²) in [5, 5.41) is 8.30. The standard InChI is InChI=1S/C12H19N5S2/c1-5-8-10(11-14-15-12(18)17(11)4)19-9(13-8)6-7-16(2)3/h5-7H2,1-4H3,(H,15,18). The molecule has 0 amide bonds. The summed E-state index contributed by atoms with van der Waals surface area (Å²) in [4.78, 5) is 8.02. The predicted molar refractivity (Wildman–Crippen MR) is 81.1 cm³/mol. The third-order valence-electron chi connectivity index (χ3n) is 2.93. The zero-order valence-electron chi connectivity index (χ0n) is 11.7. The van der Waals surface area contributed by atoms with E-state index in [4.69, 9.17) is 17.2 Å². The van der Waals surface area contributed by atoms with Crippen molar-refractivity contribution in [2.75, 3.05) is 20.6 Å². The van der Waals surface area contributed by atoms with Crippen LogP contribution in [0, 0.1) is 4.77 Å². The van der Waals surface area contributed by atoms with E-state index in [0.717, 1.165) is 40.8 Å². The summed E-state index contributed by atoms with van der Waals surface area (Å²) in [6.07, 6.45) is 1.88. The molecule has 0 bridgehead atoms. The fourth-order valence-corrected chi connectivity index (χ4v) is 3.09. The summed E-state index contributed by atoms with van der Waals surface area (Å²) in [6.45, 7) is 3.13. The van der Waals surface area contributed by atoms with Crippen molar-refractivity contribution in [3.05, 3.63) is 15.5 Å². The lowest BCUT2D eigenvalue weighted by molar-refractivity contribution is 0.413. The number of hydrogen-bond acceptors (Lipinski definition) is 5. The molecule has 1 N–H and O–H groups in total. The highest BCUT2D eigenvalue weighted by molar-refractivity contribution is 7.71. The van der Waals surface area contributed by atoms with Crippen molar-refractivity contribution < 1.29 is 0 Å². The van der Waals surface area contributed by atoms with Gasteiger partial charge in [0.2, 0.25) is 0 Å². The molecule has 2 aromatic heterocycles. The smallest absolute Gasteiger partial charge is 0.195 e. The van der Waals surface area contributed by atoms with E-state index in [9.17, 15) is 0 Å². The molecular weight excluding hydrogens is 278 g/mol. The normalized spacial score (nSPS) is 11.4. The monoisotopic (exact) mass is 297 g/mol. The zero-order valence-corrected chi connectivity index (χ0v) is 13.4. The number of likely N-dealkylation sites (N-methyl/N-ethyl adjacent to an activating group) is 1. The Balaban J connectivity index is 2.34. The summed E-state index contributed by atoms with van der Waals surface area (Å²) in [5.41, 5.74) is 1.11. The molecule has 0 aliphatic rings. The molecule has 104 valence electrons. The van der Waals surface area contributed by atoms with Crippen LogP contribution in [0.5, 0.6) is 0 Å². The number of thiazole rings is 1. The number of rotatable bonds is 5. The number of nitrogens with zero attached hydrogens (tertiary/aromatic N) is 4. The van der Waals surface area contributed by atoms with E-state index >= 15 is 0 Å². The van der Waals surface area contributed by atoms with Gasteiger partial charge in [-0.3, -0.25) is 5.10 Å². The molecule has 0 saturated carbocycles. The average Bonchev–Trinajstić information content (AvgIpc) is 2.92. The van der Waals surface area contributed by atoms with Crippen molar-refractivity contribution >= 4 is 23.6 Å². The highest BCUT2D eigenvalue weighted by atomic mass is 32.1. The summed E-state index contributed by atoms with van der Waals surface area (Å²) >= 11 is 6.89. The second kappa shape index (κ2) is 5.94. The fraction of sp³-hybridized carbons (Fsp3) is 0.583. The third-order valence-corrected chi connectivity index (χ3v) is 4.45. The maximum atomic E-state index is 5.17. The Bertz CT molecular complexity index is 608. The average molecular weight is 297 g/mol. The second-order valence-electron chi connectivity index (χ2n) is 4.70. The highest BCUT2D eigenvalue weighted by Gasteiger charge is 2.16. The first-order chi connectivity index (χ1) is 9.02. The van der Waals surface area contributed by atoms with Crippen LogP contribution >= 0.6 is 23.6 Å². The minimum atomic E-state index is 0.639. The fourth-order valence-electron chi connectivity index (χ4n) is 1.79. The number of H-pyrrole nitrogens is 1. The van der Waals surface area contributed by atoms with Gasteiger partial charge in [-0.25, -0.2) is 4.98 Å². The van der Waals surface area contributed by atoms with Gasteiger partial charge in [0.15, 0.2) is 10.6 Å². The molecule has 19 heavy (non-hydrogen) atoms. The number of aryl methyl sites for hydroxylation is 1. The first-order valence-corrected chi connectivity index (χ1v) is 7.50. The first kappa shape index (κ1) is 14.4. The Morgan fingerprint density at radius 2 is 2.16 bits per heavy atom. The van der Waals surface area contributed by atoms with Gasteiger partial charge in [0.05, 0.1) is 15.6 Å². The van der Waals surface area contributed by atoms with Crippen molar-refractivity contribution in [3.8, 4) is 10.7 Å². The molecule has 7 heteroatoms. The largest absolute Gasteiger partial charge is 0.309 e. The second-order valence-corrected chi connectivity index (χ2v) is 6.17. The van der Waals surface area contributed by atoms with Crippen LogP contribution in [-0.2, 0) is 19.9 Å². The minimum absolute atomic E-state index is 0.639. The summed E-state index contributed by atoms with van der Waals surface area (Å²) in [7, 11) is 6.08. The van der Waals surface area contributed by atoms with Gasteiger partial charge < -0.3 is 9.47 Å². The van der Waals surface area contributed by atoms with Crippen molar-refractivity contribution in [2.45, 2.75) is 19.8 Å². The molecule has 0 unspecified atom stereocenters. The van der Waals surface area contributed by atoms with E-state index in [2.05, 4.69) is 36.1 Å². The summed E-state index contributed by atoms with van der Waals surface area (Å²) < 4.78 is 2.54. The zero-order chi connectivity index (χ0) is 14.0. The lowest BCUT2D eigenvalue weighted by Crippen LogP contribution is -2.14. The van der Waals surface area contributed by atoms with E-state index in [1.807, 2.05) is 11.6 Å². The summed E-state index contributed by atoms with van der Waals surface area (Å²) in [6, 6.07) is 0. The molecule has 0 spiro atoms. The van der Waals surface area contributed by atoms with Crippen molar-refractivity contribution in [3.63, 3.8) is 0 Å². The summed E-state index contributed by atoms with van der Waals surface area (Å²) in [5.74, 6) is 0.885. The maximum absolute atomic E-state index is 5.17. The van der Waals surface area contributed by atoms with E-state index in [0.29, 0.717) is 4.77 Å². The highest BCUT2D eigenvalue weighted by Crippen LogP contribution is 2.29. The number of aromatic nitrogens is 4. The van der Waals surface area contributed by atoms with E-state index in [-0.39, 0.29) is 0 Å². The van der Waals surface area contributed by atoms with Crippen LogP contribution < -0.4 is 0 Å². The number of aromatic amines is 1. The van der Waals surface area contributed by atoms with Gasteiger partial charge >= 0.3 is 0 Å². The molecule has 0 saturated heterocycles. The van der Waals surface area contributed by atoms with Crippen molar-refractivity contribution in [1.29, 1.82) is 0 Å². The maximum Gasteiger partial charge on any atom is 0.195 e. The van der Waals surface area contributed by atoms with Crippen molar-refractivity contribution in [2.24, 2.45) is 7.05 Å². The lowest BCUT2D eigenvalue weighted by atomic mass is 10.3. The van der Waals surface area contributed by atoms with Crippen molar-refractivity contribution in [1.82, 2.24) is 24.6 Å². The van der Waals surface area contributed by atoms with Gasteiger partial charge in [-0.05, 0) is 32.7 Å². The molecule has 0 radical (unpaired) electrons. The van der Waals surface area contributed by atoms with E-state index in [1.54, 1.807) is 11.3 Å². The van der Waals surface area contributed by atoms with E-state index < -0.39 is 0 Å². The Morgan fingerprint density at radius 1 is 1.42 bits per heavy atom. The van der Waals surface area contributed by atoms with Gasteiger partial charge in [-0.15, -0.1) is 11.3 Å². The van der Waals surface area contributed by atoms with Crippen LogP contribution in [0.2, 0.25) is 0 Å². The molecule has 0 aliphatic heterocycles. The molecule has 2 aromatic rings. The first-order valence-electron chi connectivity index (χ1n) is 6.28. The Labute approximate surface area is 122 Å². The van der Waals surface area contributed by atoms with Crippen LogP contribution in [0.25, 0.3) is 10.7 Å². The molecule has 5 nitrogen and oxygen atoms in total. The van der Waals surface area contributed by atoms with Crippen LogP contribution in [0.4, 0.5) is 0 Å². The third kappa shape index (κ3) is 3.10. The Hall–Kier alpha value is -1.05. The quantitative estimate of drug-likeness (QED) is 0.860. The number of hydrogen-bond donors (Lipinski definition) is 1. The Morgan fingerprint density at radius 3 is 2.68 bits per heavy atom. The Kier molecular flexibility index (Phi) is 4.49.